The molecule has 3 heterocycles. The van der Waals surface area contributed by atoms with Gasteiger partial charge < -0.3 is 14.4 Å². The number of alkyl halides is 3. The molecule has 198 valence electrons. The molecule has 0 aliphatic carbocycles. The van der Waals surface area contributed by atoms with Gasteiger partial charge in [-0.1, -0.05) is 12.1 Å². The van der Waals surface area contributed by atoms with Gasteiger partial charge in [0.1, 0.15) is 6.61 Å². The van der Waals surface area contributed by atoms with Crippen molar-refractivity contribution in [2.45, 2.75) is 25.4 Å². The van der Waals surface area contributed by atoms with Crippen molar-refractivity contribution in [2.75, 3.05) is 44.8 Å². The molecule has 37 heavy (non-hydrogen) atoms. The third-order valence-electron chi connectivity index (χ3n) is 6.67. The van der Waals surface area contributed by atoms with Crippen LogP contribution in [0.15, 0.2) is 48.5 Å². The zero-order valence-electron chi connectivity index (χ0n) is 20.3. The molecule has 3 aromatic rings. The second-order valence-corrected chi connectivity index (χ2v) is 10.0. The predicted octanol–water partition coefficient (Wildman–Crippen LogP) is 6.54. The third-order valence-corrected chi connectivity index (χ3v) is 7.89. The van der Waals surface area contributed by atoms with Crippen LogP contribution in [0.3, 0.4) is 0 Å². The molecule has 0 N–H and O–H groups in total. The van der Waals surface area contributed by atoms with E-state index in [2.05, 4.69) is 4.90 Å². The van der Waals surface area contributed by atoms with Gasteiger partial charge in [-0.2, -0.15) is 13.2 Å². The molecule has 1 fully saturated rings. The second kappa shape index (κ2) is 11.3. The first kappa shape index (κ1) is 27.3. The van der Waals surface area contributed by atoms with E-state index in [0.29, 0.717) is 41.5 Å². The summed E-state index contributed by atoms with van der Waals surface area (Å²) < 4.78 is 50.2. The van der Waals surface area contributed by atoms with E-state index in [1.807, 2.05) is 24.3 Å². The van der Waals surface area contributed by atoms with Crippen LogP contribution in [-0.2, 0) is 12.6 Å². The molecule has 1 saturated heterocycles. The second-order valence-electron chi connectivity index (χ2n) is 8.98. The maximum Gasteiger partial charge on any atom is 0.416 e. The molecule has 0 atom stereocenters. The SMILES string of the molecule is COc1cc(N2CCc3cc(-c4ccc(C(F)(F)F)cc4)sc3C2=O)ccc1OCCN1CCCC1.Cl. The van der Waals surface area contributed by atoms with Crippen molar-refractivity contribution in [1.29, 1.82) is 0 Å². The van der Waals surface area contributed by atoms with E-state index in [0.717, 1.165) is 47.9 Å². The molecule has 5 rings (SSSR count). The van der Waals surface area contributed by atoms with Crippen molar-refractivity contribution in [1.82, 2.24) is 4.90 Å². The summed E-state index contributed by atoms with van der Waals surface area (Å²) in [5.41, 5.74) is 1.62. The number of carbonyl (C=O) groups excluding carboxylic acids is 1. The van der Waals surface area contributed by atoms with Crippen molar-refractivity contribution in [3.8, 4) is 21.9 Å². The van der Waals surface area contributed by atoms with E-state index in [9.17, 15) is 18.0 Å². The molecule has 10 heteroatoms. The summed E-state index contributed by atoms with van der Waals surface area (Å²) in [6.45, 7) is 4.18. The molecule has 2 aromatic carbocycles. The Morgan fingerprint density at radius 1 is 0.973 bits per heavy atom. The number of likely N-dealkylation sites (tertiary alicyclic amines) is 1. The summed E-state index contributed by atoms with van der Waals surface area (Å²) in [5, 5.41) is 0. The number of rotatable bonds is 7. The molecule has 5 nitrogen and oxygen atoms in total. The molecule has 0 saturated carbocycles. The van der Waals surface area contributed by atoms with E-state index >= 15 is 0 Å². The van der Waals surface area contributed by atoms with Gasteiger partial charge in [0.15, 0.2) is 11.5 Å². The molecule has 2 aliphatic rings. The molecule has 0 bridgehead atoms. The maximum atomic E-state index is 13.4. The van der Waals surface area contributed by atoms with Gasteiger partial charge >= 0.3 is 6.18 Å². The largest absolute Gasteiger partial charge is 0.493 e. The van der Waals surface area contributed by atoms with Gasteiger partial charge in [-0.25, -0.2) is 0 Å². The maximum absolute atomic E-state index is 13.4. The van der Waals surface area contributed by atoms with Crippen molar-refractivity contribution < 1.29 is 27.4 Å². The standard InChI is InChI=1S/C27H27F3N2O3S.ClH/c1-34-23-17-21(8-9-22(23)35-15-14-31-11-2-3-12-31)32-13-10-19-16-24(36-25(19)26(32)33)18-4-6-20(7-5-18)27(28,29)30;/h4-9,16-17H,2-3,10-15H2,1H3;1H. The average molecular weight is 553 g/mol. The monoisotopic (exact) mass is 552 g/mol. The Kier molecular flexibility index (Phi) is 8.36. The quantitative estimate of drug-likeness (QED) is 0.334. The number of fused-ring (bicyclic) bond motifs is 1. The number of nitrogens with zero attached hydrogens (tertiary/aromatic N) is 2. The molecule has 0 radical (unpaired) electrons. The molecular weight excluding hydrogens is 525 g/mol. The number of anilines is 1. The van der Waals surface area contributed by atoms with E-state index < -0.39 is 11.7 Å². The van der Waals surface area contributed by atoms with Crippen LogP contribution in [0, 0.1) is 0 Å². The van der Waals surface area contributed by atoms with Crippen molar-refractivity contribution in [3.05, 3.63) is 64.5 Å². The Bertz CT molecular complexity index is 1240. The minimum absolute atomic E-state index is 0. The lowest BCUT2D eigenvalue weighted by molar-refractivity contribution is -0.137. The molecule has 2 aliphatic heterocycles. The Hall–Kier alpha value is -2.75. The van der Waals surface area contributed by atoms with Crippen LogP contribution in [-0.4, -0.2) is 50.7 Å². The number of benzene rings is 2. The highest BCUT2D eigenvalue weighted by atomic mass is 35.5. The Labute approximate surface area is 224 Å². The van der Waals surface area contributed by atoms with Crippen LogP contribution >= 0.6 is 23.7 Å². The van der Waals surface area contributed by atoms with Gasteiger partial charge in [-0.3, -0.25) is 9.69 Å². The zero-order valence-corrected chi connectivity index (χ0v) is 22.0. The average Bonchev–Trinajstić information content (AvgIpc) is 3.55. The first-order valence-electron chi connectivity index (χ1n) is 12.0. The lowest BCUT2D eigenvalue weighted by Gasteiger charge is -2.27. The summed E-state index contributed by atoms with van der Waals surface area (Å²) in [5.74, 6) is 1.10. The van der Waals surface area contributed by atoms with E-state index in [1.165, 1.54) is 36.3 Å². The van der Waals surface area contributed by atoms with E-state index in [4.69, 9.17) is 9.47 Å². The van der Waals surface area contributed by atoms with Gasteiger partial charge in [0.2, 0.25) is 0 Å². The van der Waals surface area contributed by atoms with Crippen molar-refractivity contribution in [2.24, 2.45) is 0 Å². The first-order chi connectivity index (χ1) is 17.3. The van der Waals surface area contributed by atoms with Gasteiger partial charge in [-0.05, 0) is 73.8 Å². The molecule has 0 spiro atoms. The number of carbonyl (C=O) groups is 1. The topological polar surface area (TPSA) is 42.0 Å². The fourth-order valence-corrected chi connectivity index (χ4v) is 5.86. The van der Waals surface area contributed by atoms with Crippen LogP contribution in [0.4, 0.5) is 18.9 Å². The minimum Gasteiger partial charge on any atom is -0.493 e. The normalized spacial score (nSPS) is 15.9. The van der Waals surface area contributed by atoms with Crippen LogP contribution < -0.4 is 14.4 Å². The summed E-state index contributed by atoms with van der Waals surface area (Å²) in [4.78, 5) is 18.8. The van der Waals surface area contributed by atoms with E-state index in [-0.39, 0.29) is 18.3 Å². The van der Waals surface area contributed by atoms with Crippen LogP contribution in [0.5, 0.6) is 11.5 Å². The highest BCUT2D eigenvalue weighted by Crippen LogP contribution is 2.39. The van der Waals surface area contributed by atoms with Crippen LogP contribution in [0.2, 0.25) is 0 Å². The molecule has 1 aromatic heterocycles. The number of halogens is 4. The van der Waals surface area contributed by atoms with Crippen LogP contribution in [0.25, 0.3) is 10.4 Å². The van der Waals surface area contributed by atoms with E-state index in [1.54, 1.807) is 12.0 Å². The summed E-state index contributed by atoms with van der Waals surface area (Å²) >= 11 is 1.31. The van der Waals surface area contributed by atoms with Gasteiger partial charge in [-0.15, -0.1) is 23.7 Å². The number of amides is 1. The lowest BCUT2D eigenvalue weighted by Crippen LogP contribution is -2.36. The number of thiophene rings is 1. The van der Waals surface area contributed by atoms with Gasteiger partial charge in [0.05, 0.1) is 17.6 Å². The van der Waals surface area contributed by atoms with Gasteiger partial charge in [0, 0.05) is 29.7 Å². The highest BCUT2D eigenvalue weighted by Gasteiger charge is 2.31. The molecular formula is C27H28ClF3N2O3S. The molecule has 1 amide bonds. The Morgan fingerprint density at radius 3 is 2.38 bits per heavy atom. The first-order valence-corrected chi connectivity index (χ1v) is 12.8. The summed E-state index contributed by atoms with van der Waals surface area (Å²) in [7, 11) is 1.58. The Balaban J connectivity index is 0.00000320. The van der Waals surface area contributed by atoms with Crippen molar-refractivity contribution in [3.63, 3.8) is 0 Å². The highest BCUT2D eigenvalue weighted by molar-refractivity contribution is 7.17. The van der Waals surface area contributed by atoms with Crippen LogP contribution in [0.1, 0.15) is 33.6 Å². The molecule has 0 unspecified atom stereocenters. The van der Waals surface area contributed by atoms with Crippen molar-refractivity contribution >= 4 is 35.3 Å². The number of hydrogen-bond acceptors (Lipinski definition) is 5. The minimum atomic E-state index is -4.38. The Morgan fingerprint density at radius 2 is 1.70 bits per heavy atom. The fraction of sp³-hybridized carbons (Fsp3) is 0.370. The fourth-order valence-electron chi connectivity index (χ4n) is 4.70. The number of methoxy groups -OCH3 is 1. The third kappa shape index (κ3) is 5.89. The number of hydrogen-bond donors (Lipinski definition) is 0. The predicted molar refractivity (Wildman–Crippen MR) is 142 cm³/mol. The zero-order chi connectivity index (χ0) is 25.3. The smallest absolute Gasteiger partial charge is 0.416 e. The van der Waals surface area contributed by atoms with Gasteiger partial charge in [0.25, 0.3) is 5.91 Å². The number of ether oxygens (including phenoxy) is 2. The summed E-state index contributed by atoms with van der Waals surface area (Å²) in [6.07, 6.45) is -1.24. The lowest BCUT2D eigenvalue weighted by atomic mass is 10.0. The summed E-state index contributed by atoms with van der Waals surface area (Å²) in [6, 6.07) is 12.5.